The topological polar surface area (TPSA) is 43.7 Å². The van der Waals surface area contributed by atoms with Crippen LogP contribution in [0.1, 0.15) is 13.8 Å². The van der Waals surface area contributed by atoms with Crippen molar-refractivity contribution in [2.75, 3.05) is 6.61 Å². The Morgan fingerprint density at radius 3 is 3.12 bits per heavy atom. The van der Waals surface area contributed by atoms with E-state index in [9.17, 15) is 0 Å². The van der Waals surface area contributed by atoms with Gasteiger partial charge in [-0.05, 0) is 26.0 Å². The van der Waals surface area contributed by atoms with Crippen molar-refractivity contribution in [1.82, 2.24) is 4.98 Å². The van der Waals surface area contributed by atoms with E-state index in [1.807, 2.05) is 25.1 Å². The molecule has 0 saturated carbocycles. The Hall–Kier alpha value is -1.62. The van der Waals surface area contributed by atoms with E-state index in [4.69, 9.17) is 9.57 Å². The number of aromatic nitrogens is 1. The SMILES string of the molecule is C/C=N/Oc1nc2cc(OCC)ccc2s1. The Morgan fingerprint density at radius 1 is 1.50 bits per heavy atom. The highest BCUT2D eigenvalue weighted by molar-refractivity contribution is 7.20. The summed E-state index contributed by atoms with van der Waals surface area (Å²) in [6, 6.07) is 5.80. The minimum Gasteiger partial charge on any atom is -0.494 e. The Balaban J connectivity index is 2.30. The van der Waals surface area contributed by atoms with Crippen molar-refractivity contribution >= 4 is 27.8 Å². The van der Waals surface area contributed by atoms with Crippen LogP contribution in [-0.4, -0.2) is 17.8 Å². The van der Waals surface area contributed by atoms with Gasteiger partial charge in [-0.25, -0.2) is 4.98 Å². The van der Waals surface area contributed by atoms with E-state index < -0.39 is 0 Å². The number of thiazole rings is 1. The van der Waals surface area contributed by atoms with Crippen LogP contribution in [0.3, 0.4) is 0 Å². The summed E-state index contributed by atoms with van der Waals surface area (Å²) in [4.78, 5) is 9.37. The van der Waals surface area contributed by atoms with Crippen LogP contribution in [0, 0.1) is 0 Å². The molecular formula is C11H12N2O2S. The van der Waals surface area contributed by atoms with Gasteiger partial charge in [0, 0.05) is 12.3 Å². The van der Waals surface area contributed by atoms with Gasteiger partial charge in [0.2, 0.25) is 0 Å². The molecule has 0 spiro atoms. The molecule has 0 amide bonds. The molecule has 0 bridgehead atoms. The lowest BCUT2D eigenvalue weighted by atomic mass is 10.3. The van der Waals surface area contributed by atoms with Crippen LogP contribution in [0.15, 0.2) is 23.4 Å². The summed E-state index contributed by atoms with van der Waals surface area (Å²) in [5, 5.41) is 4.23. The van der Waals surface area contributed by atoms with Gasteiger partial charge in [0.25, 0.3) is 0 Å². The number of rotatable bonds is 4. The van der Waals surface area contributed by atoms with Gasteiger partial charge in [-0.3, -0.25) is 0 Å². The minimum absolute atomic E-state index is 0.543. The molecule has 1 aromatic heterocycles. The van der Waals surface area contributed by atoms with Crippen molar-refractivity contribution in [2.24, 2.45) is 5.16 Å². The van der Waals surface area contributed by atoms with Crippen LogP contribution >= 0.6 is 11.3 Å². The van der Waals surface area contributed by atoms with Crippen molar-refractivity contribution in [3.05, 3.63) is 18.2 Å². The number of fused-ring (bicyclic) bond motifs is 1. The monoisotopic (exact) mass is 236 g/mol. The fourth-order valence-electron chi connectivity index (χ4n) is 1.28. The Bertz CT molecular complexity index is 508. The predicted octanol–water partition coefficient (Wildman–Crippen LogP) is 3.08. The van der Waals surface area contributed by atoms with Gasteiger partial charge < -0.3 is 9.57 Å². The summed E-state index contributed by atoms with van der Waals surface area (Å²) < 4.78 is 6.46. The Labute approximate surface area is 97.5 Å². The van der Waals surface area contributed by atoms with E-state index in [-0.39, 0.29) is 0 Å². The first-order chi connectivity index (χ1) is 7.83. The van der Waals surface area contributed by atoms with E-state index in [1.54, 1.807) is 13.1 Å². The number of nitrogens with zero attached hydrogens (tertiary/aromatic N) is 2. The molecule has 2 rings (SSSR count). The second-order valence-corrected chi connectivity index (χ2v) is 3.99. The molecule has 1 aromatic carbocycles. The molecule has 2 aromatic rings. The molecule has 1 heterocycles. The third-order valence-corrected chi connectivity index (χ3v) is 2.79. The highest BCUT2D eigenvalue weighted by Crippen LogP contribution is 2.30. The van der Waals surface area contributed by atoms with Crippen LogP contribution in [0.2, 0.25) is 0 Å². The summed E-state index contributed by atoms with van der Waals surface area (Å²) in [6.07, 6.45) is 1.58. The van der Waals surface area contributed by atoms with E-state index in [2.05, 4.69) is 10.1 Å². The molecule has 0 radical (unpaired) electrons. The molecule has 84 valence electrons. The van der Waals surface area contributed by atoms with E-state index >= 15 is 0 Å². The van der Waals surface area contributed by atoms with E-state index in [0.29, 0.717) is 11.8 Å². The number of benzene rings is 1. The van der Waals surface area contributed by atoms with Gasteiger partial charge in [-0.2, -0.15) is 0 Å². The van der Waals surface area contributed by atoms with Crippen molar-refractivity contribution in [3.63, 3.8) is 0 Å². The smallest absolute Gasteiger partial charge is 0.306 e. The Kier molecular flexibility index (Phi) is 3.36. The number of oxime groups is 1. The molecule has 0 aliphatic carbocycles. The van der Waals surface area contributed by atoms with E-state index in [1.165, 1.54) is 11.3 Å². The highest BCUT2D eigenvalue weighted by Gasteiger charge is 2.05. The summed E-state index contributed by atoms with van der Waals surface area (Å²) in [6.45, 7) is 4.40. The second kappa shape index (κ2) is 4.94. The molecule has 4 nitrogen and oxygen atoms in total. The van der Waals surface area contributed by atoms with Crippen molar-refractivity contribution in [3.8, 4) is 10.9 Å². The summed E-state index contributed by atoms with van der Waals surface area (Å²) in [5.41, 5.74) is 0.872. The highest BCUT2D eigenvalue weighted by atomic mass is 32.1. The maximum atomic E-state index is 5.40. The predicted molar refractivity (Wildman–Crippen MR) is 65.6 cm³/mol. The first kappa shape index (κ1) is 10.9. The van der Waals surface area contributed by atoms with Crippen LogP contribution in [0.25, 0.3) is 10.2 Å². The lowest BCUT2D eigenvalue weighted by Gasteiger charge is -2.00. The van der Waals surface area contributed by atoms with Crippen molar-refractivity contribution in [2.45, 2.75) is 13.8 Å². The summed E-state index contributed by atoms with van der Waals surface area (Å²) >= 11 is 1.46. The fourth-order valence-corrected chi connectivity index (χ4v) is 2.04. The van der Waals surface area contributed by atoms with Gasteiger partial charge in [-0.1, -0.05) is 16.5 Å². The maximum Gasteiger partial charge on any atom is 0.306 e. The first-order valence-corrected chi connectivity index (χ1v) is 5.83. The second-order valence-electron chi connectivity index (χ2n) is 3.00. The standard InChI is InChI=1S/C11H12N2O2S/c1-3-12-15-11-13-9-7-8(14-4-2)5-6-10(9)16-11/h3,5-7H,4H2,1-2H3/b12-3+. The molecule has 5 heteroatoms. The normalized spacial score (nSPS) is 11.1. The quantitative estimate of drug-likeness (QED) is 0.605. The molecule has 0 aliphatic rings. The zero-order chi connectivity index (χ0) is 11.4. The van der Waals surface area contributed by atoms with Gasteiger partial charge >= 0.3 is 5.19 Å². The molecular weight excluding hydrogens is 224 g/mol. The van der Waals surface area contributed by atoms with Crippen molar-refractivity contribution in [1.29, 1.82) is 0 Å². The summed E-state index contributed by atoms with van der Waals surface area (Å²) in [5.74, 6) is 0.825. The largest absolute Gasteiger partial charge is 0.494 e. The molecule has 0 N–H and O–H groups in total. The molecule has 0 fully saturated rings. The zero-order valence-electron chi connectivity index (χ0n) is 9.14. The summed E-state index contributed by atoms with van der Waals surface area (Å²) in [7, 11) is 0. The van der Waals surface area contributed by atoms with Gasteiger partial charge in [0.05, 0.1) is 16.8 Å². The minimum atomic E-state index is 0.543. The number of hydrogen-bond donors (Lipinski definition) is 0. The molecule has 0 saturated heterocycles. The average molecular weight is 236 g/mol. The molecule has 0 atom stereocenters. The number of ether oxygens (including phenoxy) is 1. The van der Waals surface area contributed by atoms with Crippen LogP contribution in [-0.2, 0) is 0 Å². The lowest BCUT2D eigenvalue weighted by molar-refractivity contribution is 0.339. The number of hydrogen-bond acceptors (Lipinski definition) is 5. The maximum absolute atomic E-state index is 5.40. The molecule has 0 aliphatic heterocycles. The molecule has 0 unspecified atom stereocenters. The fraction of sp³-hybridized carbons (Fsp3) is 0.273. The first-order valence-electron chi connectivity index (χ1n) is 5.02. The average Bonchev–Trinajstić information content (AvgIpc) is 2.68. The Morgan fingerprint density at radius 2 is 2.38 bits per heavy atom. The van der Waals surface area contributed by atoms with Crippen LogP contribution in [0.5, 0.6) is 10.9 Å². The lowest BCUT2D eigenvalue weighted by Crippen LogP contribution is -1.90. The van der Waals surface area contributed by atoms with Gasteiger partial charge in [-0.15, -0.1) is 0 Å². The van der Waals surface area contributed by atoms with Crippen LogP contribution in [0.4, 0.5) is 0 Å². The third-order valence-electron chi connectivity index (χ3n) is 1.89. The third kappa shape index (κ3) is 2.30. The van der Waals surface area contributed by atoms with Gasteiger partial charge in [0.15, 0.2) is 0 Å². The van der Waals surface area contributed by atoms with Crippen LogP contribution < -0.4 is 9.57 Å². The van der Waals surface area contributed by atoms with Gasteiger partial charge in [0.1, 0.15) is 5.75 Å². The molecule has 16 heavy (non-hydrogen) atoms. The zero-order valence-corrected chi connectivity index (χ0v) is 9.95. The van der Waals surface area contributed by atoms with Crippen molar-refractivity contribution < 1.29 is 9.57 Å². The van der Waals surface area contributed by atoms with E-state index in [0.717, 1.165) is 16.0 Å².